The molecule has 4 aromatic rings. The molecule has 2 N–H and O–H groups in total. The van der Waals surface area contributed by atoms with Gasteiger partial charge in [-0.15, -0.1) is 11.8 Å². The molecule has 3 heterocycles. The highest BCUT2D eigenvalue weighted by atomic mass is 32.2. The Balaban J connectivity index is 1.32. The topological polar surface area (TPSA) is 92.7 Å². The maximum absolute atomic E-state index is 13.7. The fourth-order valence-corrected chi connectivity index (χ4v) is 4.96. The van der Waals surface area contributed by atoms with Crippen molar-refractivity contribution in [3.05, 3.63) is 82.3 Å². The quantitative estimate of drug-likeness (QED) is 0.486. The lowest BCUT2D eigenvalue weighted by atomic mass is 10.0. The molecule has 1 aliphatic heterocycles. The number of para-hydroxylation sites is 1. The minimum atomic E-state index is -0.310. The predicted molar refractivity (Wildman–Crippen MR) is 120 cm³/mol. The lowest BCUT2D eigenvalue weighted by Gasteiger charge is -2.26. The minimum Gasteiger partial charge on any atom is -0.349 e. The van der Waals surface area contributed by atoms with Gasteiger partial charge in [0.1, 0.15) is 17.0 Å². The van der Waals surface area contributed by atoms with Crippen molar-refractivity contribution in [2.24, 2.45) is 0 Å². The zero-order chi connectivity index (χ0) is 22.1. The number of aromatic amines is 1. The highest BCUT2D eigenvalue weighted by Crippen LogP contribution is 2.36. The van der Waals surface area contributed by atoms with Gasteiger partial charge in [0.05, 0.1) is 17.9 Å². The van der Waals surface area contributed by atoms with Gasteiger partial charge >= 0.3 is 0 Å². The number of carbonyl (C=O) groups is 1. The van der Waals surface area contributed by atoms with Gasteiger partial charge in [-0.25, -0.2) is 14.1 Å². The molecule has 0 spiro atoms. The Morgan fingerprint density at radius 2 is 2.09 bits per heavy atom. The van der Waals surface area contributed by atoms with Gasteiger partial charge < -0.3 is 10.3 Å². The van der Waals surface area contributed by atoms with Gasteiger partial charge in [0, 0.05) is 23.5 Å². The zero-order valence-corrected chi connectivity index (χ0v) is 17.9. The molecular weight excluding hydrogens is 429 g/mol. The van der Waals surface area contributed by atoms with Crippen LogP contribution in [-0.2, 0) is 11.2 Å². The van der Waals surface area contributed by atoms with Crippen LogP contribution in [0.15, 0.2) is 64.4 Å². The SMILES string of the molecule is O=C(CCc1nc2c(cnn2-c2ccccc2)c(=O)[nH]1)N[C@@H]1CCSc2ccc(F)cc21. The van der Waals surface area contributed by atoms with Crippen LogP contribution in [0.5, 0.6) is 0 Å². The molecule has 32 heavy (non-hydrogen) atoms. The molecule has 0 fully saturated rings. The second-order valence-corrected chi connectivity index (χ2v) is 8.72. The first kappa shape index (κ1) is 20.4. The van der Waals surface area contributed by atoms with E-state index in [9.17, 15) is 14.0 Å². The van der Waals surface area contributed by atoms with Crippen molar-refractivity contribution in [1.82, 2.24) is 25.1 Å². The molecule has 0 bridgehead atoms. The number of hydrogen-bond donors (Lipinski definition) is 2. The number of aryl methyl sites for hydroxylation is 1. The Labute approximate surface area is 187 Å². The number of H-pyrrole nitrogens is 1. The monoisotopic (exact) mass is 449 g/mol. The Morgan fingerprint density at radius 1 is 1.25 bits per heavy atom. The molecule has 0 saturated heterocycles. The van der Waals surface area contributed by atoms with Crippen LogP contribution in [0.25, 0.3) is 16.7 Å². The largest absolute Gasteiger partial charge is 0.349 e. The molecule has 1 aliphatic rings. The number of carbonyl (C=O) groups excluding carboxylic acids is 1. The van der Waals surface area contributed by atoms with Crippen LogP contribution in [0.3, 0.4) is 0 Å². The van der Waals surface area contributed by atoms with E-state index < -0.39 is 0 Å². The summed E-state index contributed by atoms with van der Waals surface area (Å²) in [6.45, 7) is 0. The van der Waals surface area contributed by atoms with E-state index in [0.717, 1.165) is 28.3 Å². The Morgan fingerprint density at radius 3 is 2.94 bits per heavy atom. The van der Waals surface area contributed by atoms with Gasteiger partial charge in [0.2, 0.25) is 5.91 Å². The second-order valence-electron chi connectivity index (χ2n) is 7.58. The van der Waals surface area contributed by atoms with Crippen LogP contribution in [0, 0.1) is 5.82 Å². The predicted octanol–water partition coefficient (Wildman–Crippen LogP) is 3.53. The van der Waals surface area contributed by atoms with Crippen molar-refractivity contribution in [2.45, 2.75) is 30.2 Å². The summed E-state index contributed by atoms with van der Waals surface area (Å²) < 4.78 is 15.3. The van der Waals surface area contributed by atoms with Gasteiger partial charge in [0.15, 0.2) is 5.65 Å². The zero-order valence-electron chi connectivity index (χ0n) is 17.0. The lowest BCUT2D eigenvalue weighted by Crippen LogP contribution is -2.31. The summed E-state index contributed by atoms with van der Waals surface area (Å²) in [6.07, 6.45) is 2.66. The Kier molecular flexibility index (Phi) is 5.48. The Bertz CT molecular complexity index is 1350. The van der Waals surface area contributed by atoms with E-state index in [1.54, 1.807) is 22.5 Å². The third kappa shape index (κ3) is 4.03. The van der Waals surface area contributed by atoms with Crippen LogP contribution in [0.1, 0.15) is 30.3 Å². The van der Waals surface area contributed by atoms with Crippen molar-refractivity contribution in [3.63, 3.8) is 0 Å². The van der Waals surface area contributed by atoms with Crippen LogP contribution in [-0.4, -0.2) is 31.4 Å². The highest BCUT2D eigenvalue weighted by molar-refractivity contribution is 7.99. The molecule has 0 unspecified atom stereocenters. The summed E-state index contributed by atoms with van der Waals surface area (Å²) in [4.78, 5) is 33.4. The van der Waals surface area contributed by atoms with Crippen molar-refractivity contribution >= 4 is 28.7 Å². The van der Waals surface area contributed by atoms with Gasteiger partial charge in [-0.3, -0.25) is 9.59 Å². The molecule has 9 heteroatoms. The van der Waals surface area contributed by atoms with Crippen LogP contribution >= 0.6 is 11.8 Å². The molecule has 2 aromatic carbocycles. The van der Waals surface area contributed by atoms with Crippen molar-refractivity contribution < 1.29 is 9.18 Å². The van der Waals surface area contributed by atoms with Crippen molar-refractivity contribution in [3.8, 4) is 5.69 Å². The molecular formula is C23H20FN5O2S. The number of thioether (sulfide) groups is 1. The molecule has 162 valence electrons. The highest BCUT2D eigenvalue weighted by Gasteiger charge is 2.23. The first-order chi connectivity index (χ1) is 15.6. The molecule has 7 nitrogen and oxygen atoms in total. The fraction of sp³-hybridized carbons (Fsp3) is 0.217. The number of halogens is 1. The molecule has 0 saturated carbocycles. The standard InChI is InChI=1S/C23H20FN5O2S/c24-14-6-7-19-16(12-14)18(10-11-32-19)26-21(30)9-8-20-27-22-17(23(31)28-20)13-25-29(22)15-4-2-1-3-5-15/h1-7,12-13,18H,8-11H2,(H,26,30)(H,27,28,31)/t18-/m1/s1. The van der Waals surface area contributed by atoms with E-state index in [0.29, 0.717) is 16.9 Å². The fourth-order valence-electron chi connectivity index (χ4n) is 3.85. The summed E-state index contributed by atoms with van der Waals surface area (Å²) >= 11 is 1.67. The van der Waals surface area contributed by atoms with E-state index in [4.69, 9.17) is 0 Å². The molecule has 0 aliphatic carbocycles. The summed E-state index contributed by atoms with van der Waals surface area (Å²) in [5, 5.41) is 7.68. The van der Waals surface area contributed by atoms with Crippen molar-refractivity contribution in [2.75, 3.05) is 5.75 Å². The summed E-state index contributed by atoms with van der Waals surface area (Å²) in [6, 6.07) is 13.9. The first-order valence-corrected chi connectivity index (χ1v) is 11.3. The third-order valence-electron chi connectivity index (χ3n) is 5.42. The molecule has 5 rings (SSSR count). The summed E-state index contributed by atoms with van der Waals surface area (Å²) in [5.74, 6) is 0.798. The summed E-state index contributed by atoms with van der Waals surface area (Å²) in [5.41, 5.74) is 1.77. The number of nitrogens with zero attached hydrogens (tertiary/aromatic N) is 3. The number of rotatable bonds is 5. The number of hydrogen-bond acceptors (Lipinski definition) is 5. The number of fused-ring (bicyclic) bond motifs is 2. The minimum absolute atomic E-state index is 0.155. The average Bonchev–Trinajstić information content (AvgIpc) is 3.23. The van der Waals surface area contributed by atoms with Gasteiger partial charge in [-0.05, 0) is 42.3 Å². The van der Waals surface area contributed by atoms with E-state index in [-0.39, 0.29) is 36.2 Å². The number of amides is 1. The summed E-state index contributed by atoms with van der Waals surface area (Å²) in [7, 11) is 0. The van der Waals surface area contributed by atoms with Crippen LogP contribution in [0.4, 0.5) is 4.39 Å². The van der Waals surface area contributed by atoms with Crippen LogP contribution in [0.2, 0.25) is 0 Å². The Hall–Kier alpha value is -3.46. The molecule has 1 atom stereocenters. The molecule has 1 amide bonds. The number of nitrogens with one attached hydrogen (secondary N) is 2. The normalized spacial score (nSPS) is 15.5. The third-order valence-corrected chi connectivity index (χ3v) is 6.55. The van der Waals surface area contributed by atoms with Gasteiger partial charge in [-0.2, -0.15) is 5.10 Å². The maximum Gasteiger partial charge on any atom is 0.262 e. The average molecular weight is 450 g/mol. The lowest BCUT2D eigenvalue weighted by molar-refractivity contribution is -0.121. The van der Waals surface area contributed by atoms with E-state index >= 15 is 0 Å². The van der Waals surface area contributed by atoms with Gasteiger partial charge in [-0.1, -0.05) is 18.2 Å². The molecule has 2 aromatic heterocycles. The van der Waals surface area contributed by atoms with Crippen LogP contribution < -0.4 is 10.9 Å². The van der Waals surface area contributed by atoms with E-state index in [2.05, 4.69) is 20.4 Å². The van der Waals surface area contributed by atoms with E-state index in [1.807, 2.05) is 30.3 Å². The maximum atomic E-state index is 13.7. The molecule has 0 radical (unpaired) electrons. The van der Waals surface area contributed by atoms with Crippen molar-refractivity contribution in [1.29, 1.82) is 0 Å². The number of benzene rings is 2. The van der Waals surface area contributed by atoms with Gasteiger partial charge in [0.25, 0.3) is 5.56 Å². The first-order valence-electron chi connectivity index (χ1n) is 10.3. The number of aromatic nitrogens is 4. The second kappa shape index (κ2) is 8.58. The van der Waals surface area contributed by atoms with E-state index in [1.165, 1.54) is 18.3 Å². The smallest absolute Gasteiger partial charge is 0.262 e.